The first-order valence-electron chi connectivity index (χ1n) is 4.06. The van der Waals surface area contributed by atoms with Crippen molar-refractivity contribution in [1.82, 2.24) is 4.90 Å². The highest BCUT2D eigenvalue weighted by Gasteiger charge is 2.04. The first-order valence-corrected chi connectivity index (χ1v) is 5.45. The largest absolute Gasteiger partial charge is 0.392 e. The van der Waals surface area contributed by atoms with Crippen molar-refractivity contribution in [1.29, 1.82) is 0 Å². The molecule has 0 fully saturated rings. The summed E-state index contributed by atoms with van der Waals surface area (Å²) in [5, 5.41) is 9.28. The minimum absolute atomic E-state index is 0.151. The average molecular weight is 177 g/mol. The molecule has 1 unspecified atom stereocenters. The van der Waals surface area contributed by atoms with Gasteiger partial charge in [0.15, 0.2) is 0 Å². The summed E-state index contributed by atoms with van der Waals surface area (Å²) >= 11 is 1.84. The fraction of sp³-hybridized carbons (Fsp3) is 1.00. The fourth-order valence-electron chi connectivity index (χ4n) is 0.827. The second-order valence-electron chi connectivity index (χ2n) is 2.82. The molecule has 1 atom stereocenters. The highest BCUT2D eigenvalue weighted by molar-refractivity contribution is 7.98. The van der Waals surface area contributed by atoms with Crippen LogP contribution >= 0.6 is 11.8 Å². The molecule has 0 rings (SSSR count). The van der Waals surface area contributed by atoms with Crippen LogP contribution in [0.25, 0.3) is 0 Å². The van der Waals surface area contributed by atoms with E-state index in [1.807, 2.05) is 18.7 Å². The lowest BCUT2D eigenvalue weighted by atomic mass is 10.3. The van der Waals surface area contributed by atoms with Crippen LogP contribution in [0.5, 0.6) is 0 Å². The van der Waals surface area contributed by atoms with Crippen LogP contribution < -0.4 is 0 Å². The molecule has 0 aliphatic rings. The Kier molecular flexibility index (Phi) is 7.12. The Bertz CT molecular complexity index is 90.2. The maximum atomic E-state index is 9.28. The smallest absolute Gasteiger partial charge is 0.0664 e. The zero-order chi connectivity index (χ0) is 8.69. The molecule has 0 aromatic heterocycles. The van der Waals surface area contributed by atoms with Gasteiger partial charge in [-0.3, -0.25) is 0 Å². The number of aliphatic hydroxyl groups excluding tert-OH is 1. The van der Waals surface area contributed by atoms with Crippen LogP contribution in [0, 0.1) is 0 Å². The standard InChI is InChI=1S/C8H19NOS/c1-4-8(10)7-9(2)5-6-11-3/h8,10H,4-7H2,1-3H3. The molecule has 0 spiro atoms. The van der Waals surface area contributed by atoms with E-state index in [2.05, 4.69) is 18.2 Å². The summed E-state index contributed by atoms with van der Waals surface area (Å²) in [5.41, 5.74) is 0. The Hall–Kier alpha value is 0.270. The average Bonchev–Trinajstić information content (AvgIpc) is 2.00. The monoisotopic (exact) mass is 177 g/mol. The highest BCUT2D eigenvalue weighted by atomic mass is 32.2. The third kappa shape index (κ3) is 6.66. The molecule has 3 heteroatoms. The molecule has 0 saturated carbocycles. The summed E-state index contributed by atoms with van der Waals surface area (Å²) in [5.74, 6) is 1.15. The van der Waals surface area contributed by atoms with Crippen LogP contribution in [0.2, 0.25) is 0 Å². The van der Waals surface area contributed by atoms with Crippen molar-refractivity contribution >= 4 is 11.8 Å². The molecule has 0 amide bonds. The molecule has 68 valence electrons. The van der Waals surface area contributed by atoms with Crippen LogP contribution in [0.3, 0.4) is 0 Å². The fourth-order valence-corrected chi connectivity index (χ4v) is 1.32. The van der Waals surface area contributed by atoms with E-state index in [-0.39, 0.29) is 6.10 Å². The Morgan fingerprint density at radius 3 is 2.64 bits per heavy atom. The Morgan fingerprint density at radius 1 is 1.55 bits per heavy atom. The van der Waals surface area contributed by atoms with E-state index in [9.17, 15) is 5.11 Å². The molecule has 0 aromatic carbocycles. The number of nitrogens with zero attached hydrogens (tertiary/aromatic N) is 1. The normalized spacial score (nSPS) is 13.9. The summed E-state index contributed by atoms with van der Waals surface area (Å²) in [6, 6.07) is 0. The molecule has 0 saturated heterocycles. The summed E-state index contributed by atoms with van der Waals surface area (Å²) in [7, 11) is 2.05. The van der Waals surface area contributed by atoms with Crippen molar-refractivity contribution in [2.24, 2.45) is 0 Å². The van der Waals surface area contributed by atoms with Gasteiger partial charge in [-0.15, -0.1) is 0 Å². The van der Waals surface area contributed by atoms with E-state index in [0.29, 0.717) is 0 Å². The molecular formula is C8H19NOS. The zero-order valence-corrected chi connectivity index (χ0v) is 8.52. The van der Waals surface area contributed by atoms with E-state index >= 15 is 0 Å². The Labute approximate surface area is 74.0 Å². The van der Waals surface area contributed by atoms with E-state index < -0.39 is 0 Å². The van der Waals surface area contributed by atoms with Crippen molar-refractivity contribution in [2.45, 2.75) is 19.4 Å². The number of hydrogen-bond acceptors (Lipinski definition) is 3. The van der Waals surface area contributed by atoms with Gasteiger partial charge in [0.2, 0.25) is 0 Å². The van der Waals surface area contributed by atoms with Crippen LogP contribution in [-0.4, -0.2) is 48.3 Å². The number of aliphatic hydroxyl groups is 1. The van der Waals surface area contributed by atoms with Gasteiger partial charge in [0.05, 0.1) is 6.10 Å². The summed E-state index contributed by atoms with van der Waals surface area (Å²) in [6.45, 7) is 3.88. The lowest BCUT2D eigenvalue weighted by Gasteiger charge is -2.18. The summed E-state index contributed by atoms with van der Waals surface area (Å²) in [4.78, 5) is 2.17. The Balaban J connectivity index is 3.27. The first-order chi connectivity index (χ1) is 5.20. The zero-order valence-electron chi connectivity index (χ0n) is 7.71. The predicted octanol–water partition coefficient (Wildman–Crippen LogP) is 1.05. The molecule has 0 radical (unpaired) electrons. The molecule has 11 heavy (non-hydrogen) atoms. The molecule has 0 heterocycles. The summed E-state index contributed by atoms with van der Waals surface area (Å²) in [6.07, 6.45) is 2.80. The second kappa shape index (κ2) is 6.95. The third-order valence-corrected chi connectivity index (χ3v) is 2.26. The van der Waals surface area contributed by atoms with Crippen molar-refractivity contribution < 1.29 is 5.11 Å². The van der Waals surface area contributed by atoms with Gasteiger partial charge in [0.25, 0.3) is 0 Å². The Morgan fingerprint density at radius 2 is 2.18 bits per heavy atom. The maximum absolute atomic E-state index is 9.28. The van der Waals surface area contributed by atoms with Gasteiger partial charge in [0, 0.05) is 18.8 Å². The lowest BCUT2D eigenvalue weighted by Crippen LogP contribution is -2.30. The van der Waals surface area contributed by atoms with Gasteiger partial charge in [0.1, 0.15) is 0 Å². The minimum atomic E-state index is -0.151. The van der Waals surface area contributed by atoms with Gasteiger partial charge < -0.3 is 10.0 Å². The van der Waals surface area contributed by atoms with E-state index in [1.54, 1.807) is 0 Å². The first kappa shape index (κ1) is 11.3. The number of thioether (sulfide) groups is 1. The molecule has 0 aliphatic carbocycles. The van der Waals surface area contributed by atoms with Crippen LogP contribution in [-0.2, 0) is 0 Å². The van der Waals surface area contributed by atoms with Crippen LogP contribution in [0.15, 0.2) is 0 Å². The number of likely N-dealkylation sites (N-methyl/N-ethyl adjacent to an activating group) is 1. The lowest BCUT2D eigenvalue weighted by molar-refractivity contribution is 0.125. The minimum Gasteiger partial charge on any atom is -0.392 e. The van der Waals surface area contributed by atoms with Gasteiger partial charge in [-0.1, -0.05) is 6.92 Å². The highest BCUT2D eigenvalue weighted by Crippen LogP contribution is 1.96. The van der Waals surface area contributed by atoms with E-state index in [1.165, 1.54) is 0 Å². The van der Waals surface area contributed by atoms with E-state index in [0.717, 1.165) is 25.3 Å². The molecule has 1 N–H and O–H groups in total. The predicted molar refractivity (Wildman–Crippen MR) is 52.2 cm³/mol. The van der Waals surface area contributed by atoms with Crippen molar-refractivity contribution in [3.8, 4) is 0 Å². The second-order valence-corrected chi connectivity index (χ2v) is 3.80. The van der Waals surface area contributed by atoms with Crippen molar-refractivity contribution in [3.63, 3.8) is 0 Å². The van der Waals surface area contributed by atoms with Crippen LogP contribution in [0.4, 0.5) is 0 Å². The van der Waals surface area contributed by atoms with Crippen molar-refractivity contribution in [3.05, 3.63) is 0 Å². The molecule has 0 aromatic rings. The van der Waals surface area contributed by atoms with Crippen LogP contribution in [0.1, 0.15) is 13.3 Å². The number of rotatable bonds is 6. The van der Waals surface area contributed by atoms with Gasteiger partial charge >= 0.3 is 0 Å². The molecule has 2 nitrogen and oxygen atoms in total. The quantitative estimate of drug-likeness (QED) is 0.656. The maximum Gasteiger partial charge on any atom is 0.0664 e. The summed E-state index contributed by atoms with van der Waals surface area (Å²) < 4.78 is 0. The van der Waals surface area contributed by atoms with E-state index in [4.69, 9.17) is 0 Å². The molecule has 0 bridgehead atoms. The van der Waals surface area contributed by atoms with Gasteiger partial charge in [-0.05, 0) is 19.7 Å². The van der Waals surface area contributed by atoms with Crippen molar-refractivity contribution in [2.75, 3.05) is 32.1 Å². The molecule has 0 aliphatic heterocycles. The topological polar surface area (TPSA) is 23.5 Å². The SMILES string of the molecule is CCC(O)CN(C)CCSC. The molecular weight excluding hydrogens is 158 g/mol. The van der Waals surface area contributed by atoms with Gasteiger partial charge in [-0.25, -0.2) is 0 Å². The van der Waals surface area contributed by atoms with Gasteiger partial charge in [-0.2, -0.15) is 11.8 Å². The third-order valence-electron chi connectivity index (χ3n) is 1.67. The number of hydrogen-bond donors (Lipinski definition) is 1.